The van der Waals surface area contributed by atoms with Crippen LogP contribution in [-0.4, -0.2) is 28.9 Å². The lowest BCUT2D eigenvalue weighted by Crippen LogP contribution is -2.46. The van der Waals surface area contributed by atoms with Crippen molar-refractivity contribution in [2.75, 3.05) is 0 Å². The number of halogens is 2. The highest BCUT2D eigenvalue weighted by Gasteiger charge is 2.43. The zero-order chi connectivity index (χ0) is 12.3. The monoisotopic (exact) mass is 235 g/mol. The largest absolute Gasteiger partial charge is 0.481 e. The van der Waals surface area contributed by atoms with Crippen molar-refractivity contribution in [2.24, 2.45) is 5.92 Å². The number of carbonyl (C=O) groups is 2. The highest BCUT2D eigenvalue weighted by Crippen LogP contribution is 2.34. The fraction of sp³-hybridized carbons (Fsp3) is 0.800. The maximum absolute atomic E-state index is 13.5. The number of nitrogens with one attached hydrogen (secondary N) is 1. The molecule has 0 heterocycles. The summed E-state index contributed by atoms with van der Waals surface area (Å²) in [5.74, 6) is -5.31. The second-order valence-corrected chi connectivity index (χ2v) is 4.17. The van der Waals surface area contributed by atoms with Gasteiger partial charge < -0.3 is 10.4 Å². The van der Waals surface area contributed by atoms with Gasteiger partial charge in [-0.3, -0.25) is 9.59 Å². The summed E-state index contributed by atoms with van der Waals surface area (Å²) in [6.07, 6.45) is -0.354. The molecule has 4 nitrogen and oxygen atoms in total. The summed E-state index contributed by atoms with van der Waals surface area (Å²) in [7, 11) is 0. The minimum Gasteiger partial charge on any atom is -0.481 e. The van der Waals surface area contributed by atoms with E-state index in [1.165, 1.54) is 6.92 Å². The van der Waals surface area contributed by atoms with Gasteiger partial charge in [-0.05, 0) is 19.3 Å². The lowest BCUT2D eigenvalue weighted by atomic mass is 10.0. The second-order valence-electron chi connectivity index (χ2n) is 4.17. The topological polar surface area (TPSA) is 66.4 Å². The van der Waals surface area contributed by atoms with Gasteiger partial charge in [0, 0.05) is 13.3 Å². The van der Waals surface area contributed by atoms with Crippen LogP contribution in [0.25, 0.3) is 0 Å². The Morgan fingerprint density at radius 3 is 2.44 bits per heavy atom. The summed E-state index contributed by atoms with van der Waals surface area (Å²) in [6, 6.07) is -1.24. The zero-order valence-corrected chi connectivity index (χ0v) is 9.00. The lowest BCUT2D eigenvalue weighted by molar-refractivity contribution is -0.142. The van der Waals surface area contributed by atoms with Gasteiger partial charge in [-0.15, -0.1) is 0 Å². The van der Waals surface area contributed by atoms with Crippen molar-refractivity contribution >= 4 is 11.9 Å². The molecule has 0 aliphatic heterocycles. The van der Waals surface area contributed by atoms with E-state index >= 15 is 0 Å². The third-order valence-electron chi connectivity index (χ3n) is 2.87. The van der Waals surface area contributed by atoms with Gasteiger partial charge in [0.25, 0.3) is 5.92 Å². The Balaban J connectivity index is 2.71. The molecule has 6 heteroatoms. The number of aliphatic carboxylic acids is 1. The van der Waals surface area contributed by atoms with Gasteiger partial charge >= 0.3 is 5.97 Å². The molecule has 0 aromatic heterocycles. The molecule has 2 atom stereocenters. The van der Waals surface area contributed by atoms with E-state index in [0.29, 0.717) is 0 Å². The standard InChI is InChI=1S/C10H15F2NO3/c1-6(14)13-8-3-2-7(9(15)16)4-5-10(8,11)12/h7-8H,2-5H2,1H3,(H,13,14)(H,15,16)/t7-,8-/m1/s1. The van der Waals surface area contributed by atoms with Gasteiger partial charge in [0.1, 0.15) is 0 Å². The minimum atomic E-state index is -3.02. The van der Waals surface area contributed by atoms with Crippen LogP contribution in [0.3, 0.4) is 0 Å². The number of carboxylic acid groups (broad SMARTS) is 1. The Kier molecular flexibility index (Phi) is 3.83. The first kappa shape index (κ1) is 12.9. The van der Waals surface area contributed by atoms with Crippen LogP contribution < -0.4 is 5.32 Å². The van der Waals surface area contributed by atoms with E-state index < -0.39 is 36.2 Å². The average molecular weight is 235 g/mol. The van der Waals surface area contributed by atoms with E-state index in [4.69, 9.17) is 5.11 Å². The first-order chi connectivity index (χ1) is 7.33. The Hall–Kier alpha value is -1.20. The maximum atomic E-state index is 13.5. The van der Waals surface area contributed by atoms with Crippen LogP contribution >= 0.6 is 0 Å². The Morgan fingerprint density at radius 1 is 1.31 bits per heavy atom. The molecule has 0 spiro atoms. The highest BCUT2D eigenvalue weighted by atomic mass is 19.3. The highest BCUT2D eigenvalue weighted by molar-refractivity contribution is 5.73. The summed E-state index contributed by atoms with van der Waals surface area (Å²) < 4.78 is 27.0. The summed E-state index contributed by atoms with van der Waals surface area (Å²) in [5, 5.41) is 11.0. The molecule has 0 radical (unpaired) electrons. The lowest BCUT2D eigenvalue weighted by Gasteiger charge is -2.24. The number of amides is 1. The number of alkyl halides is 2. The number of carbonyl (C=O) groups excluding carboxylic acids is 1. The van der Waals surface area contributed by atoms with Gasteiger partial charge in [0.2, 0.25) is 5.91 Å². The van der Waals surface area contributed by atoms with E-state index in [1.807, 2.05) is 0 Å². The van der Waals surface area contributed by atoms with Gasteiger partial charge in [-0.1, -0.05) is 0 Å². The Labute approximate surface area is 92.0 Å². The molecule has 16 heavy (non-hydrogen) atoms. The summed E-state index contributed by atoms with van der Waals surface area (Å²) >= 11 is 0. The summed E-state index contributed by atoms with van der Waals surface area (Å²) in [5.41, 5.74) is 0. The minimum absolute atomic E-state index is 0.00352. The molecule has 1 fully saturated rings. The zero-order valence-electron chi connectivity index (χ0n) is 9.00. The van der Waals surface area contributed by atoms with Crippen molar-refractivity contribution in [3.05, 3.63) is 0 Å². The third-order valence-corrected chi connectivity index (χ3v) is 2.87. The van der Waals surface area contributed by atoms with Gasteiger partial charge in [0.15, 0.2) is 0 Å². The van der Waals surface area contributed by atoms with Crippen molar-refractivity contribution in [1.82, 2.24) is 5.32 Å². The molecule has 0 bridgehead atoms. The van der Waals surface area contributed by atoms with Crippen LogP contribution in [0, 0.1) is 5.92 Å². The predicted octanol–water partition coefficient (Wildman–Crippen LogP) is 1.40. The average Bonchev–Trinajstić information content (AvgIpc) is 2.26. The first-order valence-electron chi connectivity index (χ1n) is 5.20. The van der Waals surface area contributed by atoms with Gasteiger partial charge in [-0.2, -0.15) is 0 Å². The molecule has 92 valence electrons. The molecule has 0 saturated heterocycles. The molecule has 0 aromatic carbocycles. The molecule has 1 aliphatic rings. The predicted molar refractivity (Wildman–Crippen MR) is 52.1 cm³/mol. The maximum Gasteiger partial charge on any atom is 0.306 e. The van der Waals surface area contributed by atoms with Crippen LogP contribution in [0.15, 0.2) is 0 Å². The van der Waals surface area contributed by atoms with E-state index in [9.17, 15) is 18.4 Å². The fourth-order valence-electron chi connectivity index (χ4n) is 1.93. The van der Waals surface area contributed by atoms with Crippen LogP contribution in [0.5, 0.6) is 0 Å². The smallest absolute Gasteiger partial charge is 0.306 e. The number of rotatable bonds is 2. The molecular formula is C10H15F2NO3. The first-order valence-corrected chi connectivity index (χ1v) is 5.20. The quantitative estimate of drug-likeness (QED) is 0.711. The Bertz CT molecular complexity index is 294. The number of hydrogen-bond acceptors (Lipinski definition) is 2. The van der Waals surface area contributed by atoms with Crippen LogP contribution in [-0.2, 0) is 9.59 Å². The van der Waals surface area contributed by atoms with Crippen LogP contribution in [0.1, 0.15) is 32.6 Å². The van der Waals surface area contributed by atoms with Crippen molar-refractivity contribution in [1.29, 1.82) is 0 Å². The second kappa shape index (κ2) is 4.76. The third kappa shape index (κ3) is 3.15. The molecule has 0 aromatic rings. The molecule has 0 unspecified atom stereocenters. The number of carboxylic acids is 1. The van der Waals surface area contributed by atoms with Crippen molar-refractivity contribution in [3.8, 4) is 0 Å². The van der Waals surface area contributed by atoms with Crippen LogP contribution in [0.4, 0.5) is 8.78 Å². The van der Waals surface area contributed by atoms with Crippen molar-refractivity contribution in [3.63, 3.8) is 0 Å². The SMILES string of the molecule is CC(=O)N[C@@H]1CC[C@@H](C(=O)O)CCC1(F)F. The fourth-order valence-corrected chi connectivity index (χ4v) is 1.93. The normalized spacial score (nSPS) is 29.2. The molecule has 1 rings (SSSR count). The van der Waals surface area contributed by atoms with E-state index in [1.54, 1.807) is 0 Å². The van der Waals surface area contributed by atoms with Gasteiger partial charge in [-0.25, -0.2) is 8.78 Å². The van der Waals surface area contributed by atoms with E-state index in [0.717, 1.165) is 0 Å². The Morgan fingerprint density at radius 2 is 1.94 bits per heavy atom. The molecule has 1 aliphatic carbocycles. The van der Waals surface area contributed by atoms with Crippen molar-refractivity contribution < 1.29 is 23.5 Å². The molecule has 1 saturated carbocycles. The van der Waals surface area contributed by atoms with Crippen molar-refractivity contribution in [2.45, 2.75) is 44.6 Å². The summed E-state index contributed by atoms with van der Waals surface area (Å²) in [6.45, 7) is 1.18. The van der Waals surface area contributed by atoms with E-state index in [-0.39, 0.29) is 19.3 Å². The molecule has 1 amide bonds. The number of hydrogen-bond donors (Lipinski definition) is 2. The van der Waals surface area contributed by atoms with Gasteiger partial charge in [0.05, 0.1) is 12.0 Å². The summed E-state index contributed by atoms with van der Waals surface area (Å²) in [4.78, 5) is 21.5. The van der Waals surface area contributed by atoms with E-state index in [2.05, 4.69) is 5.32 Å². The van der Waals surface area contributed by atoms with Crippen LogP contribution in [0.2, 0.25) is 0 Å². The molecular weight excluding hydrogens is 220 g/mol. The molecule has 2 N–H and O–H groups in total.